The molecule has 0 saturated heterocycles. The van der Waals surface area contributed by atoms with Crippen LogP contribution in [0.25, 0.3) is 10.9 Å². The van der Waals surface area contributed by atoms with Gasteiger partial charge in [0, 0.05) is 22.6 Å². The third-order valence-electron chi connectivity index (χ3n) is 3.60. The summed E-state index contributed by atoms with van der Waals surface area (Å²) in [6.45, 7) is 4.49. The predicted molar refractivity (Wildman–Crippen MR) is 101 cm³/mol. The number of rotatable bonds is 5. The monoisotopic (exact) mass is 389 g/mol. The number of hydrogen-bond donors (Lipinski definition) is 2. The Morgan fingerprint density at radius 2 is 1.79 bits per heavy atom. The summed E-state index contributed by atoms with van der Waals surface area (Å²) in [6, 6.07) is 6.35. The van der Waals surface area contributed by atoms with Gasteiger partial charge in [-0.2, -0.15) is 0 Å². The van der Waals surface area contributed by atoms with E-state index < -0.39 is 36.0 Å². The zero-order valence-electron chi connectivity index (χ0n) is 16.2. The van der Waals surface area contributed by atoms with Crippen molar-refractivity contribution in [1.29, 1.82) is 0 Å². The van der Waals surface area contributed by atoms with Gasteiger partial charge in [-0.25, -0.2) is 9.59 Å². The maximum absolute atomic E-state index is 12.1. The van der Waals surface area contributed by atoms with Crippen LogP contribution in [-0.4, -0.2) is 47.7 Å². The predicted octanol–water partition coefficient (Wildman–Crippen LogP) is 1.60. The topological polar surface area (TPSA) is 116 Å². The molecule has 0 aliphatic rings. The van der Waals surface area contributed by atoms with Crippen LogP contribution in [0.2, 0.25) is 0 Å². The number of fused-ring (bicyclic) bond motifs is 1. The number of amides is 3. The lowest BCUT2D eigenvalue weighted by atomic mass is 10.1. The fourth-order valence-corrected chi connectivity index (χ4v) is 2.52. The first kappa shape index (κ1) is 20.9. The van der Waals surface area contributed by atoms with Gasteiger partial charge in [0.2, 0.25) is 0 Å². The van der Waals surface area contributed by atoms with Crippen LogP contribution >= 0.6 is 0 Å². The molecule has 0 aliphatic carbocycles. The number of esters is 2. The third kappa shape index (κ3) is 5.57. The molecular weight excluding hydrogens is 366 g/mol. The van der Waals surface area contributed by atoms with Gasteiger partial charge in [-0.1, -0.05) is 18.2 Å². The van der Waals surface area contributed by atoms with Gasteiger partial charge in [0.05, 0.1) is 12.7 Å². The number of carbonyl (C=O) groups is 4. The average Bonchev–Trinajstić information content (AvgIpc) is 2.96. The molecule has 150 valence electrons. The first-order chi connectivity index (χ1) is 13.1. The van der Waals surface area contributed by atoms with Crippen LogP contribution in [0, 0.1) is 0 Å². The largest absolute Gasteiger partial charge is 0.465 e. The van der Waals surface area contributed by atoms with E-state index in [9.17, 15) is 19.2 Å². The summed E-state index contributed by atoms with van der Waals surface area (Å²) in [7, 11) is 1.27. The highest BCUT2D eigenvalue weighted by molar-refractivity contribution is 6.04. The average molecular weight is 389 g/mol. The Bertz CT molecular complexity index is 910. The molecule has 3 amide bonds. The molecule has 2 rings (SSSR count). The van der Waals surface area contributed by atoms with Crippen molar-refractivity contribution in [2.75, 3.05) is 13.7 Å². The van der Waals surface area contributed by atoms with Gasteiger partial charge in [0.25, 0.3) is 5.91 Å². The number of nitrogens with zero attached hydrogens (tertiary/aromatic N) is 1. The smallest absolute Gasteiger partial charge is 0.340 e. The molecule has 1 aromatic carbocycles. The van der Waals surface area contributed by atoms with Crippen LogP contribution in [0.5, 0.6) is 0 Å². The Morgan fingerprint density at radius 3 is 2.43 bits per heavy atom. The number of nitrogens with one attached hydrogen (secondary N) is 2. The number of ether oxygens (including phenoxy) is 2. The minimum Gasteiger partial charge on any atom is -0.465 e. The maximum Gasteiger partial charge on any atom is 0.340 e. The number of para-hydroxylation sites is 1. The normalized spacial score (nSPS) is 11.0. The van der Waals surface area contributed by atoms with Gasteiger partial charge in [0.15, 0.2) is 6.61 Å². The van der Waals surface area contributed by atoms with Crippen LogP contribution in [0.15, 0.2) is 30.5 Å². The number of hydrogen-bond acceptors (Lipinski definition) is 6. The molecule has 28 heavy (non-hydrogen) atoms. The fraction of sp³-hybridized carbons (Fsp3) is 0.368. The lowest BCUT2D eigenvalue weighted by Gasteiger charge is -2.20. The van der Waals surface area contributed by atoms with Crippen LogP contribution in [0.3, 0.4) is 0 Å². The zero-order chi connectivity index (χ0) is 20.9. The van der Waals surface area contributed by atoms with E-state index in [0.717, 1.165) is 0 Å². The maximum atomic E-state index is 12.1. The summed E-state index contributed by atoms with van der Waals surface area (Å²) in [5.41, 5.74) is 0.463. The first-order valence-corrected chi connectivity index (χ1v) is 8.54. The highest BCUT2D eigenvalue weighted by Crippen LogP contribution is 2.22. The number of imide groups is 1. The van der Waals surface area contributed by atoms with Crippen LogP contribution in [0.1, 0.15) is 31.1 Å². The van der Waals surface area contributed by atoms with Crippen molar-refractivity contribution >= 4 is 34.8 Å². The molecule has 2 N–H and O–H groups in total. The highest BCUT2D eigenvalue weighted by Gasteiger charge is 2.19. The molecule has 1 aromatic heterocycles. The summed E-state index contributed by atoms with van der Waals surface area (Å²) < 4.78 is 11.2. The van der Waals surface area contributed by atoms with E-state index in [1.54, 1.807) is 45.0 Å². The molecule has 9 heteroatoms. The quantitative estimate of drug-likeness (QED) is 0.751. The number of carbonyl (C=O) groups excluding carboxylic acids is 4. The van der Waals surface area contributed by atoms with E-state index in [-0.39, 0.29) is 6.54 Å². The second kappa shape index (κ2) is 8.55. The van der Waals surface area contributed by atoms with Crippen LogP contribution < -0.4 is 10.6 Å². The Hall–Kier alpha value is -3.36. The third-order valence-corrected chi connectivity index (χ3v) is 3.60. The highest BCUT2D eigenvalue weighted by atomic mass is 16.5. The van der Waals surface area contributed by atoms with Gasteiger partial charge in [0.1, 0.15) is 6.54 Å². The molecule has 0 saturated carbocycles. The molecule has 0 fully saturated rings. The molecule has 0 aliphatic heterocycles. The van der Waals surface area contributed by atoms with Crippen LogP contribution in [-0.2, 0) is 25.6 Å². The first-order valence-electron chi connectivity index (χ1n) is 8.54. The molecule has 0 unspecified atom stereocenters. The van der Waals surface area contributed by atoms with Gasteiger partial charge in [-0.15, -0.1) is 0 Å². The molecule has 0 spiro atoms. The molecular formula is C19H23N3O6. The van der Waals surface area contributed by atoms with Crippen molar-refractivity contribution in [2.45, 2.75) is 32.9 Å². The molecule has 1 heterocycles. The van der Waals surface area contributed by atoms with E-state index in [1.807, 2.05) is 0 Å². The zero-order valence-corrected chi connectivity index (χ0v) is 16.2. The van der Waals surface area contributed by atoms with Crippen LogP contribution in [0.4, 0.5) is 4.79 Å². The Kier molecular flexibility index (Phi) is 6.40. The van der Waals surface area contributed by atoms with Gasteiger partial charge >= 0.3 is 18.0 Å². The summed E-state index contributed by atoms with van der Waals surface area (Å²) in [4.78, 5) is 47.3. The summed E-state index contributed by atoms with van der Waals surface area (Å²) >= 11 is 0. The molecule has 2 aromatic rings. The number of benzene rings is 1. The Morgan fingerprint density at radius 1 is 1.11 bits per heavy atom. The standard InChI is InChI=1S/C19H23N3O6/c1-19(2,3)21-18(26)20-15(23)11-28-16(24)10-22-9-13(17(25)27-4)12-7-5-6-8-14(12)22/h5-9H,10-11H2,1-4H3,(H2,20,21,23,26). The number of urea groups is 1. The van der Waals surface area contributed by atoms with Crippen molar-refractivity contribution < 1.29 is 28.7 Å². The fourth-order valence-electron chi connectivity index (χ4n) is 2.52. The van der Waals surface area contributed by atoms with Crippen molar-refractivity contribution in [3.63, 3.8) is 0 Å². The van der Waals surface area contributed by atoms with Crippen molar-refractivity contribution in [2.24, 2.45) is 0 Å². The Balaban J connectivity index is 1.97. The molecule has 0 atom stereocenters. The lowest BCUT2D eigenvalue weighted by Crippen LogP contribution is -2.49. The Labute approximate surface area is 162 Å². The second-order valence-electron chi connectivity index (χ2n) is 7.09. The van der Waals surface area contributed by atoms with Crippen molar-refractivity contribution in [3.05, 3.63) is 36.0 Å². The van der Waals surface area contributed by atoms with Crippen molar-refractivity contribution in [3.8, 4) is 0 Å². The summed E-state index contributed by atoms with van der Waals surface area (Å²) in [5.74, 6) is -1.96. The van der Waals surface area contributed by atoms with Gasteiger partial charge in [-0.3, -0.25) is 14.9 Å². The van der Waals surface area contributed by atoms with Crippen molar-refractivity contribution in [1.82, 2.24) is 15.2 Å². The number of methoxy groups -OCH3 is 1. The molecule has 0 radical (unpaired) electrons. The summed E-state index contributed by atoms with van der Waals surface area (Å²) in [5, 5.41) is 5.27. The van der Waals surface area contributed by atoms with Gasteiger partial charge < -0.3 is 19.4 Å². The van der Waals surface area contributed by atoms with E-state index in [4.69, 9.17) is 9.47 Å². The number of aromatic nitrogens is 1. The van der Waals surface area contributed by atoms with E-state index in [1.165, 1.54) is 17.9 Å². The molecule has 9 nitrogen and oxygen atoms in total. The van der Waals surface area contributed by atoms with E-state index >= 15 is 0 Å². The van der Waals surface area contributed by atoms with E-state index in [0.29, 0.717) is 16.5 Å². The van der Waals surface area contributed by atoms with E-state index in [2.05, 4.69) is 10.6 Å². The minimum atomic E-state index is -0.747. The summed E-state index contributed by atoms with van der Waals surface area (Å²) in [6.07, 6.45) is 1.49. The SMILES string of the molecule is COC(=O)c1cn(CC(=O)OCC(=O)NC(=O)NC(C)(C)C)c2ccccc12. The lowest BCUT2D eigenvalue weighted by molar-refractivity contribution is -0.148. The van der Waals surface area contributed by atoms with Gasteiger partial charge in [-0.05, 0) is 26.8 Å². The molecule has 0 bridgehead atoms. The minimum absolute atomic E-state index is 0.209. The second-order valence-corrected chi connectivity index (χ2v) is 7.09.